The third-order valence-corrected chi connectivity index (χ3v) is 3.65. The highest BCUT2D eigenvalue weighted by Crippen LogP contribution is 2.25. The van der Waals surface area contributed by atoms with E-state index in [9.17, 15) is 4.79 Å². The highest BCUT2D eigenvalue weighted by molar-refractivity contribution is 6.05. The first kappa shape index (κ1) is 16.6. The number of nitrogens with zero attached hydrogens (tertiary/aromatic N) is 4. The second-order valence-corrected chi connectivity index (χ2v) is 5.28. The van der Waals surface area contributed by atoms with Crippen molar-refractivity contribution in [2.75, 3.05) is 11.9 Å². The second kappa shape index (κ2) is 7.57. The van der Waals surface area contributed by atoms with Crippen molar-refractivity contribution in [3.8, 4) is 17.1 Å². The molecule has 0 atom stereocenters. The van der Waals surface area contributed by atoms with Gasteiger partial charge in [-0.2, -0.15) is 0 Å². The van der Waals surface area contributed by atoms with Gasteiger partial charge < -0.3 is 10.1 Å². The second-order valence-electron chi connectivity index (χ2n) is 5.28. The molecule has 1 heterocycles. The fraction of sp³-hybridized carbons (Fsp3) is 0.222. The molecule has 25 heavy (non-hydrogen) atoms. The standard InChI is InChI=1S/C18H19N5O2/c1-3-23-17(20-21-22-23)13-8-7-9-14(12-13)18(24)19-15-10-5-6-11-16(15)25-4-2/h5-12H,3-4H2,1-2H3,(H,19,24). The highest BCUT2D eigenvalue weighted by Gasteiger charge is 2.13. The molecule has 0 bridgehead atoms. The van der Waals surface area contributed by atoms with Gasteiger partial charge in [-0.05, 0) is 48.5 Å². The molecule has 0 aliphatic rings. The number of hydrogen-bond donors (Lipinski definition) is 1. The van der Waals surface area contributed by atoms with E-state index in [1.165, 1.54) is 0 Å². The number of rotatable bonds is 6. The van der Waals surface area contributed by atoms with E-state index < -0.39 is 0 Å². The van der Waals surface area contributed by atoms with Gasteiger partial charge in [-0.25, -0.2) is 4.68 Å². The molecule has 0 aliphatic heterocycles. The van der Waals surface area contributed by atoms with Crippen LogP contribution in [0.15, 0.2) is 48.5 Å². The predicted octanol–water partition coefficient (Wildman–Crippen LogP) is 3.01. The van der Waals surface area contributed by atoms with E-state index in [4.69, 9.17) is 4.74 Å². The zero-order valence-electron chi connectivity index (χ0n) is 14.1. The lowest BCUT2D eigenvalue weighted by molar-refractivity contribution is 0.102. The lowest BCUT2D eigenvalue weighted by Crippen LogP contribution is -2.13. The summed E-state index contributed by atoms with van der Waals surface area (Å²) in [5, 5.41) is 14.5. The molecule has 0 saturated heterocycles. The number of para-hydroxylation sites is 2. The molecule has 128 valence electrons. The monoisotopic (exact) mass is 337 g/mol. The van der Waals surface area contributed by atoms with Gasteiger partial charge in [-0.3, -0.25) is 4.79 Å². The number of carbonyl (C=O) groups is 1. The van der Waals surface area contributed by atoms with Gasteiger partial charge in [0.25, 0.3) is 5.91 Å². The lowest BCUT2D eigenvalue weighted by Gasteiger charge is -2.11. The number of anilines is 1. The van der Waals surface area contributed by atoms with Gasteiger partial charge >= 0.3 is 0 Å². The fourth-order valence-electron chi connectivity index (χ4n) is 2.47. The number of carbonyl (C=O) groups excluding carboxylic acids is 1. The average molecular weight is 337 g/mol. The largest absolute Gasteiger partial charge is 0.492 e. The molecule has 7 heteroatoms. The molecular formula is C18H19N5O2. The zero-order chi connectivity index (χ0) is 17.6. The van der Waals surface area contributed by atoms with Crippen LogP contribution >= 0.6 is 0 Å². The van der Waals surface area contributed by atoms with Crippen LogP contribution in [0.2, 0.25) is 0 Å². The van der Waals surface area contributed by atoms with Crippen LogP contribution in [0.3, 0.4) is 0 Å². The number of tetrazole rings is 1. The first-order chi connectivity index (χ1) is 12.2. The van der Waals surface area contributed by atoms with Crippen LogP contribution in [-0.2, 0) is 6.54 Å². The Morgan fingerprint density at radius 1 is 1.16 bits per heavy atom. The predicted molar refractivity (Wildman–Crippen MR) is 94.5 cm³/mol. The molecule has 7 nitrogen and oxygen atoms in total. The Morgan fingerprint density at radius 2 is 2.00 bits per heavy atom. The highest BCUT2D eigenvalue weighted by atomic mass is 16.5. The molecule has 3 aromatic rings. The Hall–Kier alpha value is -3.22. The quantitative estimate of drug-likeness (QED) is 0.748. The Kier molecular flexibility index (Phi) is 5.03. The summed E-state index contributed by atoms with van der Waals surface area (Å²) in [7, 11) is 0. The molecule has 1 aromatic heterocycles. The number of amides is 1. The maximum absolute atomic E-state index is 12.6. The molecule has 0 saturated carbocycles. The summed E-state index contributed by atoms with van der Waals surface area (Å²) in [6.07, 6.45) is 0. The number of ether oxygens (including phenoxy) is 1. The minimum Gasteiger partial charge on any atom is -0.492 e. The van der Waals surface area contributed by atoms with Gasteiger partial charge in [0.15, 0.2) is 5.82 Å². The molecular weight excluding hydrogens is 318 g/mol. The van der Waals surface area contributed by atoms with Crippen molar-refractivity contribution in [3.05, 3.63) is 54.1 Å². The van der Waals surface area contributed by atoms with Crippen molar-refractivity contribution in [3.63, 3.8) is 0 Å². The topological polar surface area (TPSA) is 81.9 Å². The summed E-state index contributed by atoms with van der Waals surface area (Å²) >= 11 is 0. The van der Waals surface area contributed by atoms with Gasteiger partial charge in [0.2, 0.25) is 0 Å². The van der Waals surface area contributed by atoms with E-state index in [2.05, 4.69) is 20.8 Å². The average Bonchev–Trinajstić information content (AvgIpc) is 3.12. The Balaban J connectivity index is 1.85. The lowest BCUT2D eigenvalue weighted by atomic mass is 10.1. The van der Waals surface area contributed by atoms with Crippen molar-refractivity contribution in [2.45, 2.75) is 20.4 Å². The summed E-state index contributed by atoms with van der Waals surface area (Å²) in [5.74, 6) is 1.06. The van der Waals surface area contributed by atoms with Crippen molar-refractivity contribution < 1.29 is 9.53 Å². The van der Waals surface area contributed by atoms with Gasteiger partial charge in [-0.1, -0.05) is 24.3 Å². The van der Waals surface area contributed by atoms with Crippen LogP contribution in [0.5, 0.6) is 5.75 Å². The number of hydrogen-bond acceptors (Lipinski definition) is 5. The normalized spacial score (nSPS) is 10.5. The van der Waals surface area contributed by atoms with Gasteiger partial charge in [0.1, 0.15) is 5.75 Å². The Labute approximate surface area is 145 Å². The third kappa shape index (κ3) is 3.65. The van der Waals surface area contributed by atoms with E-state index in [0.717, 1.165) is 5.56 Å². The van der Waals surface area contributed by atoms with E-state index in [1.807, 2.05) is 50.2 Å². The van der Waals surface area contributed by atoms with Crippen LogP contribution in [0.4, 0.5) is 5.69 Å². The molecule has 1 N–H and O–H groups in total. The van der Waals surface area contributed by atoms with Crippen molar-refractivity contribution >= 4 is 11.6 Å². The van der Waals surface area contributed by atoms with E-state index in [0.29, 0.717) is 36.0 Å². The van der Waals surface area contributed by atoms with Crippen LogP contribution in [0.25, 0.3) is 11.4 Å². The minimum absolute atomic E-state index is 0.218. The van der Waals surface area contributed by atoms with E-state index in [-0.39, 0.29) is 5.91 Å². The Bertz CT molecular complexity index is 875. The molecule has 0 unspecified atom stereocenters. The van der Waals surface area contributed by atoms with Crippen molar-refractivity contribution in [1.29, 1.82) is 0 Å². The van der Waals surface area contributed by atoms with Crippen LogP contribution in [0, 0.1) is 0 Å². The number of nitrogens with one attached hydrogen (secondary N) is 1. The van der Waals surface area contributed by atoms with Crippen molar-refractivity contribution in [1.82, 2.24) is 20.2 Å². The maximum Gasteiger partial charge on any atom is 0.255 e. The van der Waals surface area contributed by atoms with Crippen LogP contribution in [-0.4, -0.2) is 32.7 Å². The fourth-order valence-corrected chi connectivity index (χ4v) is 2.47. The molecule has 3 rings (SSSR count). The first-order valence-electron chi connectivity index (χ1n) is 8.12. The summed E-state index contributed by atoms with van der Waals surface area (Å²) in [6, 6.07) is 14.6. The van der Waals surface area contributed by atoms with Crippen LogP contribution < -0.4 is 10.1 Å². The molecule has 1 amide bonds. The zero-order valence-corrected chi connectivity index (χ0v) is 14.1. The molecule has 0 spiro atoms. The van der Waals surface area contributed by atoms with Gasteiger partial charge in [0.05, 0.1) is 12.3 Å². The number of aromatic nitrogens is 4. The van der Waals surface area contributed by atoms with Gasteiger partial charge in [-0.15, -0.1) is 5.10 Å². The first-order valence-corrected chi connectivity index (χ1v) is 8.12. The van der Waals surface area contributed by atoms with Crippen LogP contribution in [0.1, 0.15) is 24.2 Å². The summed E-state index contributed by atoms with van der Waals surface area (Å²) in [6.45, 7) is 5.05. The molecule has 0 fully saturated rings. The van der Waals surface area contributed by atoms with Crippen molar-refractivity contribution in [2.24, 2.45) is 0 Å². The SMILES string of the molecule is CCOc1ccccc1NC(=O)c1cccc(-c2nnnn2CC)c1. The maximum atomic E-state index is 12.6. The summed E-state index contributed by atoms with van der Waals surface area (Å²) < 4.78 is 7.22. The molecule has 0 aliphatic carbocycles. The van der Waals surface area contributed by atoms with E-state index >= 15 is 0 Å². The Morgan fingerprint density at radius 3 is 2.80 bits per heavy atom. The number of benzene rings is 2. The van der Waals surface area contributed by atoms with E-state index in [1.54, 1.807) is 16.8 Å². The minimum atomic E-state index is -0.218. The number of aryl methyl sites for hydroxylation is 1. The third-order valence-electron chi connectivity index (χ3n) is 3.65. The van der Waals surface area contributed by atoms with Gasteiger partial charge in [0, 0.05) is 17.7 Å². The summed E-state index contributed by atoms with van der Waals surface area (Å²) in [5.41, 5.74) is 1.95. The smallest absolute Gasteiger partial charge is 0.255 e. The molecule has 2 aromatic carbocycles. The molecule has 0 radical (unpaired) electrons. The summed E-state index contributed by atoms with van der Waals surface area (Å²) in [4.78, 5) is 12.6.